The van der Waals surface area contributed by atoms with Gasteiger partial charge >= 0.3 is 5.97 Å². The van der Waals surface area contributed by atoms with Gasteiger partial charge in [0.05, 0.1) is 5.75 Å². The maximum Gasteiger partial charge on any atom is 0.326 e. The third-order valence-corrected chi connectivity index (χ3v) is 4.67. The number of carbonyl (C=O) groups excluding carboxylic acids is 1. The van der Waals surface area contributed by atoms with Gasteiger partial charge in [-0.1, -0.05) is 6.42 Å². The lowest BCUT2D eigenvalue weighted by molar-refractivity contribution is -0.142. The van der Waals surface area contributed by atoms with E-state index >= 15 is 0 Å². The zero-order valence-corrected chi connectivity index (χ0v) is 12.4. The van der Waals surface area contributed by atoms with E-state index in [9.17, 15) is 18.0 Å². The Morgan fingerprint density at radius 1 is 1.40 bits per heavy atom. The van der Waals surface area contributed by atoms with Crippen LogP contribution in [0.4, 0.5) is 0 Å². The number of amides is 1. The number of hydrogen-bond donors (Lipinski definition) is 3. The predicted octanol–water partition coefficient (Wildman–Crippen LogP) is -0.634. The van der Waals surface area contributed by atoms with Crippen LogP contribution in [-0.4, -0.2) is 50.0 Å². The molecule has 0 aromatic rings. The molecule has 20 heavy (non-hydrogen) atoms. The van der Waals surface area contributed by atoms with E-state index in [-0.39, 0.29) is 29.9 Å². The van der Waals surface area contributed by atoms with E-state index in [0.717, 1.165) is 19.1 Å². The zero-order chi connectivity index (χ0) is 15.3. The number of rotatable bonds is 7. The van der Waals surface area contributed by atoms with Crippen molar-refractivity contribution in [3.8, 4) is 0 Å². The van der Waals surface area contributed by atoms with Gasteiger partial charge in [0, 0.05) is 12.2 Å². The van der Waals surface area contributed by atoms with Gasteiger partial charge in [-0.15, -0.1) is 0 Å². The average Bonchev–Trinajstić information content (AvgIpc) is 2.80. The molecule has 1 rings (SSSR count). The first-order valence-corrected chi connectivity index (χ1v) is 8.71. The molecule has 0 aliphatic heterocycles. The quantitative estimate of drug-likeness (QED) is 0.574. The van der Waals surface area contributed by atoms with Crippen LogP contribution in [0.2, 0.25) is 0 Å². The van der Waals surface area contributed by atoms with Crippen LogP contribution in [0.1, 0.15) is 25.7 Å². The topological polar surface area (TPSA) is 127 Å². The number of nitrogens with two attached hydrogens (primary N) is 1. The van der Waals surface area contributed by atoms with Gasteiger partial charge in [-0.3, -0.25) is 4.79 Å². The first-order valence-electron chi connectivity index (χ1n) is 6.65. The Bertz CT molecular complexity index is 462. The van der Waals surface area contributed by atoms with Crippen molar-refractivity contribution in [3.63, 3.8) is 0 Å². The number of sulfone groups is 1. The molecule has 3 atom stereocenters. The highest BCUT2D eigenvalue weighted by atomic mass is 32.2. The molecule has 116 valence electrons. The normalized spacial score (nSPS) is 24.3. The molecule has 0 spiro atoms. The summed E-state index contributed by atoms with van der Waals surface area (Å²) >= 11 is 0. The number of carboxylic acid groups (broad SMARTS) is 1. The molecule has 0 heterocycles. The highest BCUT2D eigenvalue weighted by Crippen LogP contribution is 2.31. The van der Waals surface area contributed by atoms with Crippen LogP contribution < -0.4 is 11.1 Å². The fourth-order valence-corrected chi connectivity index (χ4v) is 3.20. The van der Waals surface area contributed by atoms with Crippen LogP contribution in [0.5, 0.6) is 0 Å². The van der Waals surface area contributed by atoms with Crippen LogP contribution in [0.3, 0.4) is 0 Å². The van der Waals surface area contributed by atoms with Gasteiger partial charge in [-0.2, -0.15) is 0 Å². The molecule has 0 radical (unpaired) electrons. The average molecular weight is 306 g/mol. The van der Waals surface area contributed by atoms with Gasteiger partial charge in [0.15, 0.2) is 0 Å². The summed E-state index contributed by atoms with van der Waals surface area (Å²) in [5.41, 5.74) is 5.59. The summed E-state index contributed by atoms with van der Waals surface area (Å²) in [6.07, 6.45) is 3.39. The molecule has 1 amide bonds. The minimum atomic E-state index is -3.26. The van der Waals surface area contributed by atoms with Crippen molar-refractivity contribution in [2.45, 2.75) is 31.7 Å². The van der Waals surface area contributed by atoms with Crippen molar-refractivity contribution in [2.75, 3.05) is 18.6 Å². The van der Waals surface area contributed by atoms with E-state index < -0.39 is 21.8 Å². The molecular weight excluding hydrogens is 284 g/mol. The highest BCUT2D eigenvalue weighted by Gasteiger charge is 2.34. The molecule has 0 aromatic carbocycles. The first kappa shape index (κ1) is 16.9. The number of carboxylic acids is 1. The molecule has 4 N–H and O–H groups in total. The molecule has 8 heteroatoms. The fourth-order valence-electron chi connectivity index (χ4n) is 2.53. The maximum absolute atomic E-state index is 12.1. The van der Waals surface area contributed by atoms with Crippen LogP contribution in [-0.2, 0) is 19.4 Å². The fraction of sp³-hybridized carbons (Fsp3) is 0.833. The van der Waals surface area contributed by atoms with Crippen molar-refractivity contribution in [2.24, 2.45) is 17.6 Å². The Morgan fingerprint density at radius 3 is 2.55 bits per heavy atom. The van der Waals surface area contributed by atoms with E-state index in [0.29, 0.717) is 13.0 Å². The summed E-state index contributed by atoms with van der Waals surface area (Å²) in [6.45, 7) is 0.402. The largest absolute Gasteiger partial charge is 0.480 e. The lowest BCUT2D eigenvalue weighted by Gasteiger charge is -2.20. The second-order valence-electron chi connectivity index (χ2n) is 5.35. The summed E-state index contributed by atoms with van der Waals surface area (Å²) in [5, 5.41) is 11.5. The van der Waals surface area contributed by atoms with Crippen molar-refractivity contribution in [1.29, 1.82) is 0 Å². The smallest absolute Gasteiger partial charge is 0.326 e. The van der Waals surface area contributed by atoms with Gasteiger partial charge in [0.25, 0.3) is 0 Å². The van der Waals surface area contributed by atoms with Crippen LogP contribution >= 0.6 is 0 Å². The molecule has 0 bridgehead atoms. The molecular formula is C12H22N2O5S. The molecule has 0 aromatic heterocycles. The lowest BCUT2D eigenvalue weighted by Crippen LogP contribution is -2.45. The van der Waals surface area contributed by atoms with Crippen LogP contribution in [0.15, 0.2) is 0 Å². The molecule has 7 nitrogen and oxygen atoms in total. The lowest BCUT2D eigenvalue weighted by atomic mass is 9.95. The summed E-state index contributed by atoms with van der Waals surface area (Å²) in [7, 11) is -3.26. The van der Waals surface area contributed by atoms with Gasteiger partial charge in [0.1, 0.15) is 15.9 Å². The number of hydrogen-bond acceptors (Lipinski definition) is 5. The summed E-state index contributed by atoms with van der Waals surface area (Å²) < 4.78 is 22.2. The predicted molar refractivity (Wildman–Crippen MR) is 73.8 cm³/mol. The number of nitrogens with one attached hydrogen (secondary N) is 1. The van der Waals surface area contributed by atoms with Crippen LogP contribution in [0, 0.1) is 11.8 Å². The minimum absolute atomic E-state index is 0.0827. The Kier molecular flexibility index (Phi) is 5.94. The Balaban J connectivity index is 2.61. The van der Waals surface area contributed by atoms with Gasteiger partial charge < -0.3 is 16.2 Å². The minimum Gasteiger partial charge on any atom is -0.480 e. The van der Waals surface area contributed by atoms with Crippen molar-refractivity contribution < 1.29 is 23.1 Å². The number of carbonyl (C=O) groups is 2. The SMILES string of the molecule is CS(=O)(=O)CCC(NC(=O)C1CCCC1CN)C(=O)O. The van der Waals surface area contributed by atoms with Gasteiger partial charge in [-0.05, 0) is 31.7 Å². The molecule has 1 saturated carbocycles. The van der Waals surface area contributed by atoms with Gasteiger partial charge in [-0.25, -0.2) is 13.2 Å². The summed E-state index contributed by atoms with van der Waals surface area (Å²) in [5.74, 6) is -2.00. The van der Waals surface area contributed by atoms with E-state index in [4.69, 9.17) is 10.8 Å². The van der Waals surface area contributed by atoms with E-state index in [1.54, 1.807) is 0 Å². The Labute approximate surface area is 118 Å². The van der Waals surface area contributed by atoms with E-state index in [2.05, 4.69) is 5.32 Å². The Hall–Kier alpha value is -1.15. The highest BCUT2D eigenvalue weighted by molar-refractivity contribution is 7.90. The van der Waals surface area contributed by atoms with E-state index in [1.165, 1.54) is 0 Å². The van der Waals surface area contributed by atoms with Gasteiger partial charge in [0.2, 0.25) is 5.91 Å². The first-order chi connectivity index (χ1) is 9.24. The van der Waals surface area contributed by atoms with Crippen molar-refractivity contribution in [1.82, 2.24) is 5.32 Å². The number of aliphatic carboxylic acids is 1. The van der Waals surface area contributed by atoms with Crippen LogP contribution in [0.25, 0.3) is 0 Å². The molecule has 1 fully saturated rings. The molecule has 1 aliphatic carbocycles. The zero-order valence-electron chi connectivity index (χ0n) is 11.5. The van der Waals surface area contributed by atoms with Crippen molar-refractivity contribution in [3.05, 3.63) is 0 Å². The van der Waals surface area contributed by atoms with Crippen molar-refractivity contribution >= 4 is 21.7 Å². The third kappa shape index (κ3) is 5.09. The summed E-state index contributed by atoms with van der Waals surface area (Å²) in [4.78, 5) is 23.2. The van der Waals surface area contributed by atoms with E-state index in [1.807, 2.05) is 0 Å². The molecule has 0 saturated heterocycles. The third-order valence-electron chi connectivity index (χ3n) is 3.69. The molecule has 3 unspecified atom stereocenters. The second kappa shape index (κ2) is 7.03. The standard InChI is InChI=1S/C12H22N2O5S/c1-20(18,19)6-5-10(12(16)17)14-11(15)9-4-2-3-8(9)7-13/h8-10H,2-7,13H2,1H3,(H,14,15)(H,16,17). The monoisotopic (exact) mass is 306 g/mol. The molecule has 1 aliphatic rings. The summed E-state index contributed by atoms with van der Waals surface area (Å²) in [6, 6.07) is -1.17. The maximum atomic E-state index is 12.1. The second-order valence-corrected chi connectivity index (χ2v) is 7.61. The Morgan fingerprint density at radius 2 is 2.05 bits per heavy atom.